The van der Waals surface area contributed by atoms with E-state index in [2.05, 4.69) is 33.8 Å². The minimum atomic E-state index is -0.350. The number of hydrogen-bond donors (Lipinski definition) is 0. The number of rotatable bonds is 8. The van der Waals surface area contributed by atoms with Gasteiger partial charge in [-0.2, -0.15) is 0 Å². The summed E-state index contributed by atoms with van der Waals surface area (Å²) in [4.78, 5) is 25.2. The van der Waals surface area contributed by atoms with Crippen molar-refractivity contribution in [1.82, 2.24) is 4.90 Å². The van der Waals surface area contributed by atoms with E-state index in [1.807, 2.05) is 24.3 Å². The van der Waals surface area contributed by atoms with E-state index < -0.39 is 0 Å². The number of nitrogens with zero attached hydrogens (tertiary/aromatic N) is 1. The van der Waals surface area contributed by atoms with Crippen LogP contribution in [0.2, 0.25) is 0 Å². The van der Waals surface area contributed by atoms with Gasteiger partial charge in [-0.05, 0) is 24.1 Å². The molecule has 1 aromatic rings. The Bertz CT molecular complexity index is 552. The van der Waals surface area contributed by atoms with Crippen molar-refractivity contribution >= 4 is 27.8 Å². The number of carbonyl (C=O) groups excluding carboxylic acids is 2. The molecule has 4 nitrogen and oxygen atoms in total. The van der Waals surface area contributed by atoms with Gasteiger partial charge in [0.25, 0.3) is 0 Å². The third kappa shape index (κ3) is 5.85. The maximum atomic E-state index is 12.4. The van der Waals surface area contributed by atoms with Crippen molar-refractivity contribution in [2.75, 3.05) is 13.7 Å². The molecule has 0 bridgehead atoms. The summed E-state index contributed by atoms with van der Waals surface area (Å²) in [5.41, 5.74) is 1.41. The summed E-state index contributed by atoms with van der Waals surface area (Å²) in [6.45, 7) is 8.35. The fraction of sp³-hybridized carbons (Fsp3) is 0.294. The molecule has 0 fully saturated rings. The monoisotopic (exact) mass is 365 g/mol. The van der Waals surface area contributed by atoms with E-state index in [4.69, 9.17) is 0 Å². The van der Waals surface area contributed by atoms with Crippen molar-refractivity contribution in [3.8, 4) is 0 Å². The lowest BCUT2D eigenvalue weighted by Crippen LogP contribution is -2.31. The van der Waals surface area contributed by atoms with Crippen LogP contribution in [0.15, 0.2) is 53.5 Å². The molecule has 1 amide bonds. The second-order valence-electron chi connectivity index (χ2n) is 4.78. The fourth-order valence-corrected chi connectivity index (χ4v) is 2.14. The van der Waals surface area contributed by atoms with E-state index in [-0.39, 0.29) is 18.3 Å². The summed E-state index contributed by atoms with van der Waals surface area (Å²) in [5.74, 6) is -0.524. The van der Waals surface area contributed by atoms with Gasteiger partial charge in [-0.3, -0.25) is 9.59 Å². The number of hydrogen-bond acceptors (Lipinski definition) is 3. The van der Waals surface area contributed by atoms with Crippen molar-refractivity contribution in [3.63, 3.8) is 0 Å². The lowest BCUT2D eigenvalue weighted by Gasteiger charge is -2.22. The van der Waals surface area contributed by atoms with Gasteiger partial charge >= 0.3 is 5.97 Å². The number of amides is 1. The summed E-state index contributed by atoms with van der Waals surface area (Å²) in [5, 5.41) is 0. The Labute approximate surface area is 139 Å². The van der Waals surface area contributed by atoms with Gasteiger partial charge < -0.3 is 9.64 Å². The van der Waals surface area contributed by atoms with Gasteiger partial charge in [0.05, 0.1) is 7.11 Å². The minimum absolute atomic E-state index is 0.154. The van der Waals surface area contributed by atoms with Crippen LogP contribution in [-0.4, -0.2) is 30.4 Å². The number of methoxy groups -OCH3 is 1. The van der Waals surface area contributed by atoms with E-state index >= 15 is 0 Å². The van der Waals surface area contributed by atoms with Gasteiger partial charge in [-0.15, -0.1) is 6.58 Å². The predicted octanol–water partition coefficient (Wildman–Crippen LogP) is 3.47. The summed E-state index contributed by atoms with van der Waals surface area (Å²) in [7, 11) is 1.32. The highest BCUT2D eigenvalue weighted by Crippen LogP contribution is 2.15. The molecule has 0 aliphatic rings. The van der Waals surface area contributed by atoms with Gasteiger partial charge in [0.1, 0.15) is 0 Å². The SMILES string of the molecule is C=CCN(Cc1ccc(Br)cc1)C(=O)C(=C)CCC(=O)OC. The molecule has 1 rings (SSSR count). The molecule has 0 N–H and O–H groups in total. The van der Waals surface area contributed by atoms with Crippen molar-refractivity contribution < 1.29 is 14.3 Å². The largest absolute Gasteiger partial charge is 0.469 e. The second-order valence-corrected chi connectivity index (χ2v) is 5.70. The molecule has 0 heterocycles. The molecule has 0 aromatic heterocycles. The molecule has 118 valence electrons. The second kappa shape index (κ2) is 9.20. The highest BCUT2D eigenvalue weighted by atomic mass is 79.9. The zero-order valence-electron chi connectivity index (χ0n) is 12.7. The van der Waals surface area contributed by atoms with E-state index in [1.165, 1.54) is 7.11 Å². The third-order valence-electron chi connectivity index (χ3n) is 3.08. The number of ether oxygens (including phenoxy) is 1. The van der Waals surface area contributed by atoms with Crippen molar-refractivity contribution in [2.24, 2.45) is 0 Å². The number of esters is 1. The van der Waals surface area contributed by atoms with Gasteiger partial charge in [-0.1, -0.05) is 40.7 Å². The Morgan fingerprint density at radius 1 is 1.27 bits per heavy atom. The van der Waals surface area contributed by atoms with E-state index in [0.29, 0.717) is 25.1 Å². The average Bonchev–Trinajstić information content (AvgIpc) is 2.53. The van der Waals surface area contributed by atoms with Gasteiger partial charge in [-0.25, -0.2) is 0 Å². The Kier molecular flexibility index (Phi) is 7.60. The molecular weight excluding hydrogens is 346 g/mol. The maximum Gasteiger partial charge on any atom is 0.305 e. The Balaban J connectivity index is 2.70. The Morgan fingerprint density at radius 2 is 1.91 bits per heavy atom. The van der Waals surface area contributed by atoms with Crippen LogP contribution in [-0.2, 0) is 20.9 Å². The molecule has 0 aliphatic carbocycles. The first-order chi connectivity index (χ1) is 10.5. The van der Waals surface area contributed by atoms with Crippen LogP contribution >= 0.6 is 15.9 Å². The van der Waals surface area contributed by atoms with E-state index in [0.717, 1.165) is 10.0 Å². The molecule has 5 heteroatoms. The fourth-order valence-electron chi connectivity index (χ4n) is 1.87. The lowest BCUT2D eigenvalue weighted by molar-refractivity contribution is -0.140. The van der Waals surface area contributed by atoms with Gasteiger partial charge in [0, 0.05) is 29.6 Å². The predicted molar refractivity (Wildman–Crippen MR) is 90.1 cm³/mol. The van der Waals surface area contributed by atoms with Crippen LogP contribution in [0.4, 0.5) is 0 Å². The molecule has 0 saturated heterocycles. The van der Waals surface area contributed by atoms with Crippen LogP contribution in [0.5, 0.6) is 0 Å². The molecule has 0 saturated carbocycles. The number of carbonyl (C=O) groups is 2. The number of halogens is 1. The maximum absolute atomic E-state index is 12.4. The summed E-state index contributed by atoms with van der Waals surface area (Å²) in [6, 6.07) is 7.76. The van der Waals surface area contributed by atoms with Crippen molar-refractivity contribution in [2.45, 2.75) is 19.4 Å². The van der Waals surface area contributed by atoms with Gasteiger partial charge in [0.15, 0.2) is 0 Å². The Morgan fingerprint density at radius 3 is 2.45 bits per heavy atom. The third-order valence-corrected chi connectivity index (χ3v) is 3.61. The zero-order valence-corrected chi connectivity index (χ0v) is 14.3. The topological polar surface area (TPSA) is 46.6 Å². The molecule has 0 unspecified atom stereocenters. The van der Waals surface area contributed by atoms with Crippen LogP contribution in [0.25, 0.3) is 0 Å². The van der Waals surface area contributed by atoms with Crippen molar-refractivity contribution in [3.05, 3.63) is 59.1 Å². The smallest absolute Gasteiger partial charge is 0.305 e. The molecule has 0 radical (unpaired) electrons. The van der Waals surface area contributed by atoms with Crippen LogP contribution in [0, 0.1) is 0 Å². The van der Waals surface area contributed by atoms with E-state index in [9.17, 15) is 9.59 Å². The first-order valence-electron chi connectivity index (χ1n) is 6.87. The van der Waals surface area contributed by atoms with E-state index in [1.54, 1.807) is 11.0 Å². The first-order valence-corrected chi connectivity index (χ1v) is 7.66. The summed E-state index contributed by atoms with van der Waals surface area (Å²) >= 11 is 3.38. The average molecular weight is 366 g/mol. The van der Waals surface area contributed by atoms with Crippen LogP contribution < -0.4 is 0 Å². The number of benzene rings is 1. The zero-order chi connectivity index (χ0) is 16.5. The summed E-state index contributed by atoms with van der Waals surface area (Å²) in [6.07, 6.45) is 2.12. The highest BCUT2D eigenvalue weighted by molar-refractivity contribution is 9.10. The molecule has 0 aliphatic heterocycles. The molecule has 0 atom stereocenters. The van der Waals surface area contributed by atoms with Crippen LogP contribution in [0.1, 0.15) is 18.4 Å². The molecule has 0 spiro atoms. The van der Waals surface area contributed by atoms with Crippen LogP contribution in [0.3, 0.4) is 0 Å². The molecule has 22 heavy (non-hydrogen) atoms. The standard InChI is InChI=1S/C17H20BrNO3/c1-4-11-19(12-14-6-8-15(18)9-7-14)17(21)13(2)5-10-16(20)22-3/h4,6-9H,1-2,5,10-12H2,3H3. The Hall–Kier alpha value is -1.88. The highest BCUT2D eigenvalue weighted by Gasteiger charge is 2.17. The summed E-state index contributed by atoms with van der Waals surface area (Å²) < 4.78 is 5.56. The van der Waals surface area contributed by atoms with Crippen molar-refractivity contribution in [1.29, 1.82) is 0 Å². The lowest BCUT2D eigenvalue weighted by atomic mass is 10.1. The molecular formula is C17H20BrNO3. The quantitative estimate of drug-likeness (QED) is 0.402. The molecule has 1 aromatic carbocycles. The van der Waals surface area contributed by atoms with Gasteiger partial charge in [0.2, 0.25) is 5.91 Å². The normalized spacial score (nSPS) is 9.91. The first kappa shape index (κ1) is 18.2. The minimum Gasteiger partial charge on any atom is -0.469 e.